The van der Waals surface area contributed by atoms with E-state index in [-0.39, 0.29) is 22.8 Å². The summed E-state index contributed by atoms with van der Waals surface area (Å²) in [5.41, 5.74) is -0.861. The summed E-state index contributed by atoms with van der Waals surface area (Å²) in [4.78, 5) is 47.7. The lowest BCUT2D eigenvalue weighted by atomic mass is 10.1. The van der Waals surface area contributed by atoms with Crippen molar-refractivity contribution >= 4 is 23.4 Å². The molecule has 1 aromatic heterocycles. The van der Waals surface area contributed by atoms with Crippen LogP contribution in [-0.2, 0) is 13.6 Å². The van der Waals surface area contributed by atoms with E-state index in [0.717, 1.165) is 4.57 Å². The highest BCUT2D eigenvalue weighted by atomic mass is 16.6. The van der Waals surface area contributed by atoms with Gasteiger partial charge in [-0.05, 0) is 18.1 Å². The number of aromatic nitrogens is 2. The maximum atomic E-state index is 12.7. The summed E-state index contributed by atoms with van der Waals surface area (Å²) < 4.78 is 2.26. The molecule has 0 amide bonds. The van der Waals surface area contributed by atoms with Crippen LogP contribution in [0.3, 0.4) is 0 Å². The third-order valence-electron chi connectivity index (χ3n) is 4.11. The average molecular weight is 356 g/mol. The number of nitro benzene ring substituents is 1. The highest BCUT2D eigenvalue weighted by molar-refractivity contribution is 6.19. The molecule has 26 heavy (non-hydrogen) atoms. The number of carbonyl (C=O) groups is 1. The summed E-state index contributed by atoms with van der Waals surface area (Å²) in [7, 11) is 1.33. The van der Waals surface area contributed by atoms with Gasteiger partial charge in [0.2, 0.25) is 5.78 Å². The molecule has 2 heterocycles. The Kier molecular flexibility index (Phi) is 4.29. The molecule has 2 aromatic rings. The van der Waals surface area contributed by atoms with E-state index in [0.29, 0.717) is 18.5 Å². The molecule has 0 bridgehead atoms. The van der Waals surface area contributed by atoms with Crippen molar-refractivity contribution in [2.24, 2.45) is 7.05 Å². The van der Waals surface area contributed by atoms with Crippen LogP contribution >= 0.6 is 0 Å². The molecule has 9 heteroatoms. The van der Waals surface area contributed by atoms with Gasteiger partial charge in [0, 0.05) is 25.7 Å². The highest BCUT2D eigenvalue weighted by Crippen LogP contribution is 2.26. The smallest absolute Gasteiger partial charge is 0.332 e. The van der Waals surface area contributed by atoms with Gasteiger partial charge in [-0.15, -0.1) is 0 Å². The number of benzene rings is 1. The van der Waals surface area contributed by atoms with E-state index in [1.165, 1.54) is 35.9 Å². The maximum absolute atomic E-state index is 12.7. The maximum Gasteiger partial charge on any atom is 0.332 e. The second-order valence-corrected chi connectivity index (χ2v) is 5.89. The van der Waals surface area contributed by atoms with Crippen molar-refractivity contribution < 1.29 is 9.72 Å². The number of hydrogen-bond acceptors (Lipinski definition) is 6. The lowest BCUT2D eigenvalue weighted by Gasteiger charge is -2.11. The highest BCUT2D eigenvalue weighted by Gasteiger charge is 2.32. The van der Waals surface area contributed by atoms with Gasteiger partial charge in [-0.3, -0.25) is 28.8 Å². The van der Waals surface area contributed by atoms with Gasteiger partial charge in [0.15, 0.2) is 0 Å². The van der Waals surface area contributed by atoms with Gasteiger partial charge in [-0.25, -0.2) is 4.79 Å². The Balaban J connectivity index is 2.13. The van der Waals surface area contributed by atoms with E-state index in [9.17, 15) is 24.5 Å². The second kappa shape index (κ2) is 6.43. The van der Waals surface area contributed by atoms with E-state index >= 15 is 0 Å². The summed E-state index contributed by atoms with van der Waals surface area (Å²) in [6.45, 7) is 2.22. The number of anilines is 1. The van der Waals surface area contributed by atoms with Crippen molar-refractivity contribution in [3.8, 4) is 0 Å². The summed E-state index contributed by atoms with van der Waals surface area (Å²) >= 11 is 0. The van der Waals surface area contributed by atoms with Gasteiger partial charge in [0.1, 0.15) is 11.4 Å². The van der Waals surface area contributed by atoms with Gasteiger partial charge in [-0.2, -0.15) is 0 Å². The fourth-order valence-electron chi connectivity index (χ4n) is 2.85. The Labute approximate surface area is 147 Å². The molecule has 1 aromatic carbocycles. The number of nitrogens with one attached hydrogen (secondary N) is 1. The van der Waals surface area contributed by atoms with Crippen molar-refractivity contribution in [1.29, 1.82) is 0 Å². The van der Waals surface area contributed by atoms with Crippen LogP contribution in [0.4, 0.5) is 11.5 Å². The van der Waals surface area contributed by atoms with Crippen molar-refractivity contribution in [2.75, 3.05) is 5.32 Å². The van der Waals surface area contributed by atoms with Gasteiger partial charge in [0.05, 0.1) is 10.6 Å². The van der Waals surface area contributed by atoms with Crippen LogP contribution in [-0.4, -0.2) is 19.8 Å². The minimum absolute atomic E-state index is 0.0908. The van der Waals surface area contributed by atoms with Crippen LogP contribution in [0.2, 0.25) is 0 Å². The average Bonchev–Trinajstić information content (AvgIpc) is 2.93. The number of allylic oxidation sites excluding steroid dienone is 1. The molecule has 3 rings (SSSR count). The van der Waals surface area contributed by atoms with E-state index in [4.69, 9.17) is 0 Å². The predicted octanol–water partition coefficient (Wildman–Crippen LogP) is 1.51. The molecular weight excluding hydrogens is 340 g/mol. The number of Topliss-reactive ketones (excluding diaryl/α,β-unsaturated/α-hetero) is 1. The molecule has 0 radical (unpaired) electrons. The van der Waals surface area contributed by atoms with Crippen molar-refractivity contribution in [3.05, 3.63) is 72.0 Å². The number of ketones is 1. The Hall–Kier alpha value is -3.49. The van der Waals surface area contributed by atoms with E-state index in [1.54, 1.807) is 6.07 Å². The van der Waals surface area contributed by atoms with E-state index < -0.39 is 22.0 Å². The molecule has 134 valence electrons. The van der Waals surface area contributed by atoms with Crippen LogP contribution in [0.5, 0.6) is 0 Å². The number of nitrogens with zero attached hydrogens (tertiary/aromatic N) is 3. The monoisotopic (exact) mass is 356 g/mol. The summed E-state index contributed by atoms with van der Waals surface area (Å²) in [6, 6.07) is 5.77. The third kappa shape index (κ3) is 2.73. The first-order chi connectivity index (χ1) is 12.3. The molecule has 9 nitrogen and oxygen atoms in total. The van der Waals surface area contributed by atoms with Crippen LogP contribution in [0, 0.1) is 10.1 Å². The van der Waals surface area contributed by atoms with Crippen LogP contribution in [0.1, 0.15) is 29.3 Å². The van der Waals surface area contributed by atoms with Crippen LogP contribution in [0.25, 0.3) is 6.08 Å². The molecule has 1 N–H and O–H groups in total. The van der Waals surface area contributed by atoms with Crippen molar-refractivity contribution in [3.63, 3.8) is 0 Å². The van der Waals surface area contributed by atoms with Crippen molar-refractivity contribution in [2.45, 2.75) is 19.9 Å². The topological polar surface area (TPSA) is 116 Å². The lowest BCUT2D eigenvalue weighted by molar-refractivity contribution is -0.384. The molecule has 1 aliphatic rings. The second-order valence-electron chi connectivity index (χ2n) is 5.89. The predicted molar refractivity (Wildman–Crippen MR) is 95.3 cm³/mol. The SMILES string of the molecule is CCCn1c2c(c(=O)n(C)c1=O)C(=O)/C(=C/c1cccc([N+](=O)[O-])c1)N2. The molecule has 0 saturated heterocycles. The first kappa shape index (κ1) is 17.3. The first-order valence-corrected chi connectivity index (χ1v) is 7.96. The quantitative estimate of drug-likeness (QED) is 0.504. The number of hydrogen-bond donors (Lipinski definition) is 1. The Morgan fingerprint density at radius 3 is 2.65 bits per heavy atom. The molecule has 1 aliphatic heterocycles. The van der Waals surface area contributed by atoms with Gasteiger partial charge < -0.3 is 5.32 Å². The zero-order valence-corrected chi connectivity index (χ0v) is 14.2. The lowest BCUT2D eigenvalue weighted by Crippen LogP contribution is -2.40. The molecule has 0 unspecified atom stereocenters. The van der Waals surface area contributed by atoms with E-state index in [2.05, 4.69) is 5.32 Å². The zero-order valence-electron chi connectivity index (χ0n) is 14.2. The minimum Gasteiger partial charge on any atom is -0.338 e. The Morgan fingerprint density at radius 2 is 2.00 bits per heavy atom. The summed E-state index contributed by atoms with van der Waals surface area (Å²) in [6.07, 6.45) is 2.07. The number of nitro groups is 1. The molecule has 0 spiro atoms. The van der Waals surface area contributed by atoms with Gasteiger partial charge in [0.25, 0.3) is 11.2 Å². The number of rotatable bonds is 4. The molecule has 0 saturated carbocycles. The van der Waals surface area contributed by atoms with Crippen molar-refractivity contribution in [1.82, 2.24) is 9.13 Å². The Morgan fingerprint density at radius 1 is 1.27 bits per heavy atom. The fourth-order valence-corrected chi connectivity index (χ4v) is 2.85. The first-order valence-electron chi connectivity index (χ1n) is 7.96. The normalized spacial score (nSPS) is 14.4. The number of fused-ring (bicyclic) bond motifs is 1. The van der Waals surface area contributed by atoms with Crippen LogP contribution in [0.15, 0.2) is 39.6 Å². The largest absolute Gasteiger partial charge is 0.338 e. The minimum atomic E-state index is -0.669. The molecule has 0 atom stereocenters. The summed E-state index contributed by atoms with van der Waals surface area (Å²) in [5, 5.41) is 13.7. The summed E-state index contributed by atoms with van der Waals surface area (Å²) in [5.74, 6) is -0.376. The third-order valence-corrected chi connectivity index (χ3v) is 4.11. The van der Waals surface area contributed by atoms with Gasteiger partial charge >= 0.3 is 5.69 Å². The standard InChI is InChI=1S/C17H16N4O5/c1-3-7-20-15-13(16(23)19(2)17(20)24)14(22)12(18-15)9-10-5-4-6-11(8-10)21(25)26/h4-6,8-9,18H,3,7H2,1-2H3/b12-9-. The zero-order chi connectivity index (χ0) is 19.0. The number of carbonyl (C=O) groups excluding carboxylic acids is 1. The number of non-ortho nitro benzene ring substituents is 1. The molecule has 0 fully saturated rings. The fraction of sp³-hybridized carbons (Fsp3) is 0.235. The molecular formula is C17H16N4O5. The van der Waals surface area contributed by atoms with Gasteiger partial charge in [-0.1, -0.05) is 19.1 Å². The van der Waals surface area contributed by atoms with E-state index in [1.807, 2.05) is 6.92 Å². The Bertz CT molecular complexity index is 1080. The molecule has 0 aliphatic carbocycles. The van der Waals surface area contributed by atoms with Crippen LogP contribution < -0.4 is 16.6 Å².